The summed E-state index contributed by atoms with van der Waals surface area (Å²) in [5.41, 5.74) is 0. The Balaban J connectivity index is 2.74. The SMILES string of the molecule is CC(CBr)CNS(=O)(=O)c1ccc(F)cc1. The summed E-state index contributed by atoms with van der Waals surface area (Å²) in [5.74, 6) is -0.247. The van der Waals surface area contributed by atoms with E-state index in [2.05, 4.69) is 20.7 Å². The zero-order chi connectivity index (χ0) is 12.2. The lowest BCUT2D eigenvalue weighted by Crippen LogP contribution is -2.28. The third-order valence-corrected chi connectivity index (χ3v) is 4.55. The summed E-state index contributed by atoms with van der Waals surface area (Å²) < 4.78 is 38.5. The van der Waals surface area contributed by atoms with E-state index in [0.717, 1.165) is 17.5 Å². The molecule has 0 bridgehead atoms. The Morgan fingerprint density at radius 3 is 2.44 bits per heavy atom. The quantitative estimate of drug-likeness (QED) is 0.847. The summed E-state index contributed by atoms with van der Waals surface area (Å²) >= 11 is 3.26. The average Bonchev–Trinajstić information content (AvgIpc) is 2.26. The van der Waals surface area contributed by atoms with Crippen LogP contribution < -0.4 is 4.72 Å². The average molecular weight is 310 g/mol. The van der Waals surface area contributed by atoms with Crippen molar-refractivity contribution in [3.05, 3.63) is 30.1 Å². The molecule has 1 N–H and O–H groups in total. The Morgan fingerprint density at radius 2 is 1.94 bits per heavy atom. The summed E-state index contributed by atoms with van der Waals surface area (Å²) in [6, 6.07) is 4.75. The van der Waals surface area contributed by atoms with Crippen molar-refractivity contribution in [3.63, 3.8) is 0 Å². The van der Waals surface area contributed by atoms with Gasteiger partial charge in [0.15, 0.2) is 0 Å². The molecule has 0 spiro atoms. The van der Waals surface area contributed by atoms with Crippen LogP contribution in [0, 0.1) is 11.7 Å². The van der Waals surface area contributed by atoms with E-state index in [4.69, 9.17) is 0 Å². The van der Waals surface area contributed by atoms with Gasteiger partial charge in [-0.05, 0) is 30.2 Å². The fraction of sp³-hybridized carbons (Fsp3) is 0.400. The fourth-order valence-electron chi connectivity index (χ4n) is 1.00. The standard InChI is InChI=1S/C10H13BrFNO2S/c1-8(6-11)7-13-16(14,15)10-4-2-9(12)3-5-10/h2-5,8,13H,6-7H2,1H3. The van der Waals surface area contributed by atoms with Gasteiger partial charge in [-0.1, -0.05) is 22.9 Å². The molecule has 1 atom stereocenters. The Hall–Kier alpha value is -0.460. The van der Waals surface area contributed by atoms with Gasteiger partial charge >= 0.3 is 0 Å². The topological polar surface area (TPSA) is 46.2 Å². The maximum Gasteiger partial charge on any atom is 0.240 e. The molecule has 16 heavy (non-hydrogen) atoms. The molecule has 0 saturated heterocycles. The van der Waals surface area contributed by atoms with Gasteiger partial charge in [-0.25, -0.2) is 17.5 Å². The van der Waals surface area contributed by atoms with Crippen LogP contribution in [0.25, 0.3) is 0 Å². The Labute approximate surface area is 103 Å². The molecule has 0 amide bonds. The number of hydrogen-bond donors (Lipinski definition) is 1. The van der Waals surface area contributed by atoms with Crippen LogP contribution in [0.5, 0.6) is 0 Å². The molecule has 0 saturated carbocycles. The number of alkyl halides is 1. The minimum absolute atomic E-state index is 0.0793. The predicted molar refractivity (Wildman–Crippen MR) is 64.5 cm³/mol. The maximum absolute atomic E-state index is 12.6. The number of rotatable bonds is 5. The lowest BCUT2D eigenvalue weighted by molar-refractivity contribution is 0.563. The first kappa shape index (κ1) is 13.6. The molecule has 1 aromatic rings. The molecule has 1 aromatic carbocycles. The van der Waals surface area contributed by atoms with Gasteiger partial charge in [0, 0.05) is 11.9 Å². The van der Waals surface area contributed by atoms with Gasteiger partial charge in [-0.3, -0.25) is 0 Å². The number of sulfonamides is 1. The molecule has 0 radical (unpaired) electrons. The second-order valence-electron chi connectivity index (χ2n) is 3.57. The van der Waals surface area contributed by atoms with Crippen LogP contribution in [0.3, 0.4) is 0 Å². The highest BCUT2D eigenvalue weighted by molar-refractivity contribution is 9.09. The summed E-state index contributed by atoms with van der Waals surface area (Å²) in [7, 11) is -3.52. The molecule has 0 fully saturated rings. The first-order valence-electron chi connectivity index (χ1n) is 4.77. The van der Waals surface area contributed by atoms with Gasteiger partial charge in [-0.15, -0.1) is 0 Å². The van der Waals surface area contributed by atoms with Crippen LogP contribution in [0.15, 0.2) is 29.2 Å². The van der Waals surface area contributed by atoms with Gasteiger partial charge in [-0.2, -0.15) is 0 Å². The highest BCUT2D eigenvalue weighted by Crippen LogP contribution is 2.10. The molecule has 1 rings (SSSR count). The van der Waals surface area contributed by atoms with Crippen molar-refractivity contribution in [3.8, 4) is 0 Å². The van der Waals surface area contributed by atoms with Crippen molar-refractivity contribution in [1.29, 1.82) is 0 Å². The Bertz CT molecular complexity index is 433. The van der Waals surface area contributed by atoms with Crippen molar-refractivity contribution >= 4 is 26.0 Å². The summed E-state index contributed by atoms with van der Waals surface area (Å²) in [6.07, 6.45) is 0. The smallest absolute Gasteiger partial charge is 0.211 e. The highest BCUT2D eigenvalue weighted by Gasteiger charge is 2.14. The molecule has 0 aliphatic rings. The van der Waals surface area contributed by atoms with E-state index in [1.165, 1.54) is 12.1 Å². The molecule has 0 aliphatic heterocycles. The normalized spacial score (nSPS) is 13.7. The van der Waals surface area contributed by atoms with E-state index in [9.17, 15) is 12.8 Å². The van der Waals surface area contributed by atoms with Crippen LogP contribution in [-0.4, -0.2) is 20.3 Å². The Morgan fingerprint density at radius 1 is 1.38 bits per heavy atom. The molecule has 0 aliphatic carbocycles. The minimum atomic E-state index is -3.52. The molecular weight excluding hydrogens is 297 g/mol. The second kappa shape index (κ2) is 5.75. The van der Waals surface area contributed by atoms with Gasteiger partial charge in [0.2, 0.25) is 10.0 Å². The maximum atomic E-state index is 12.6. The summed E-state index contributed by atoms with van der Waals surface area (Å²) in [4.78, 5) is 0.0793. The van der Waals surface area contributed by atoms with Crippen molar-refractivity contribution in [2.45, 2.75) is 11.8 Å². The lowest BCUT2D eigenvalue weighted by atomic mass is 10.2. The van der Waals surface area contributed by atoms with Crippen molar-refractivity contribution in [2.75, 3.05) is 11.9 Å². The van der Waals surface area contributed by atoms with E-state index in [1.807, 2.05) is 6.92 Å². The first-order chi connectivity index (χ1) is 7.45. The third-order valence-electron chi connectivity index (χ3n) is 2.01. The van der Waals surface area contributed by atoms with E-state index < -0.39 is 15.8 Å². The van der Waals surface area contributed by atoms with E-state index in [0.29, 0.717) is 6.54 Å². The van der Waals surface area contributed by atoms with Crippen LogP contribution >= 0.6 is 15.9 Å². The van der Waals surface area contributed by atoms with Crippen LogP contribution in [-0.2, 0) is 10.0 Å². The van der Waals surface area contributed by atoms with E-state index in [1.54, 1.807) is 0 Å². The van der Waals surface area contributed by atoms with Crippen LogP contribution in [0.2, 0.25) is 0 Å². The zero-order valence-corrected chi connectivity index (χ0v) is 11.2. The number of benzene rings is 1. The largest absolute Gasteiger partial charge is 0.240 e. The van der Waals surface area contributed by atoms with Gasteiger partial charge < -0.3 is 0 Å². The summed E-state index contributed by atoms with van der Waals surface area (Å²) in [5, 5.41) is 0.721. The second-order valence-corrected chi connectivity index (χ2v) is 5.98. The van der Waals surface area contributed by atoms with Crippen molar-refractivity contribution in [1.82, 2.24) is 4.72 Å². The van der Waals surface area contributed by atoms with E-state index in [-0.39, 0.29) is 10.8 Å². The molecule has 0 heterocycles. The highest BCUT2D eigenvalue weighted by atomic mass is 79.9. The number of hydrogen-bond acceptors (Lipinski definition) is 2. The lowest BCUT2D eigenvalue weighted by Gasteiger charge is -2.10. The molecule has 6 heteroatoms. The fourth-order valence-corrected chi connectivity index (χ4v) is 2.40. The van der Waals surface area contributed by atoms with Crippen molar-refractivity contribution in [2.24, 2.45) is 5.92 Å². The molecule has 0 aromatic heterocycles. The van der Waals surface area contributed by atoms with E-state index >= 15 is 0 Å². The first-order valence-corrected chi connectivity index (χ1v) is 7.37. The number of nitrogens with one attached hydrogen (secondary N) is 1. The monoisotopic (exact) mass is 309 g/mol. The van der Waals surface area contributed by atoms with Gasteiger partial charge in [0.05, 0.1) is 4.90 Å². The molecular formula is C10H13BrFNO2S. The molecule has 1 unspecified atom stereocenters. The number of halogens is 2. The Kier molecular flexibility index (Phi) is 4.89. The zero-order valence-electron chi connectivity index (χ0n) is 8.78. The van der Waals surface area contributed by atoms with Crippen LogP contribution in [0.1, 0.15) is 6.92 Å². The van der Waals surface area contributed by atoms with Gasteiger partial charge in [0.1, 0.15) is 5.82 Å². The van der Waals surface area contributed by atoms with Crippen LogP contribution in [0.4, 0.5) is 4.39 Å². The summed E-state index contributed by atoms with van der Waals surface area (Å²) in [6.45, 7) is 2.27. The van der Waals surface area contributed by atoms with Gasteiger partial charge in [0.25, 0.3) is 0 Å². The third kappa shape index (κ3) is 3.84. The minimum Gasteiger partial charge on any atom is -0.211 e. The molecule has 3 nitrogen and oxygen atoms in total. The van der Waals surface area contributed by atoms with Crippen molar-refractivity contribution < 1.29 is 12.8 Å². The molecule has 90 valence electrons. The predicted octanol–water partition coefficient (Wildman–Crippen LogP) is 2.13.